The number of ether oxygens (including phenoxy) is 3. The molecule has 0 heterocycles. The number of unbranched alkanes of at least 4 members (excludes halogenated alkanes) is 1. The second-order valence-electron chi connectivity index (χ2n) is 4.56. The lowest BCUT2D eigenvalue weighted by molar-refractivity contribution is 0.199. The molecule has 5 nitrogen and oxygen atoms in total. The van der Waals surface area contributed by atoms with Crippen molar-refractivity contribution in [3.05, 3.63) is 22.7 Å². The summed E-state index contributed by atoms with van der Waals surface area (Å²) in [6.45, 7) is 2.79. The average molecular weight is 318 g/mol. The number of benzene rings is 1. The zero-order valence-corrected chi connectivity index (χ0v) is 13.4. The highest BCUT2D eigenvalue weighted by Gasteiger charge is 2.12. The first-order chi connectivity index (χ1) is 10.2. The molecule has 0 amide bonds. The van der Waals surface area contributed by atoms with Crippen LogP contribution in [-0.2, 0) is 11.3 Å². The van der Waals surface area contributed by atoms with E-state index in [0.717, 1.165) is 18.5 Å². The Kier molecular flexibility index (Phi) is 9.17. The van der Waals surface area contributed by atoms with Gasteiger partial charge in [0.1, 0.15) is 0 Å². The van der Waals surface area contributed by atoms with Gasteiger partial charge < -0.3 is 24.6 Å². The van der Waals surface area contributed by atoms with E-state index >= 15 is 0 Å². The number of aliphatic hydroxyl groups is 1. The predicted molar refractivity (Wildman–Crippen MR) is 83.4 cm³/mol. The number of aliphatic hydroxyl groups excluding tert-OH is 1. The molecule has 0 bridgehead atoms. The fourth-order valence-corrected chi connectivity index (χ4v) is 2.10. The molecule has 1 aromatic rings. The summed E-state index contributed by atoms with van der Waals surface area (Å²) in [7, 11) is 3.26. The summed E-state index contributed by atoms with van der Waals surface area (Å²) in [5.41, 5.74) is 1.02. The van der Waals surface area contributed by atoms with Gasteiger partial charge in [0.2, 0.25) is 0 Å². The van der Waals surface area contributed by atoms with Crippen LogP contribution in [0.5, 0.6) is 11.5 Å². The van der Waals surface area contributed by atoms with Gasteiger partial charge >= 0.3 is 0 Å². The molecular formula is C15H24ClNO4. The molecule has 0 aliphatic heterocycles. The third kappa shape index (κ3) is 6.52. The second-order valence-corrected chi connectivity index (χ2v) is 4.96. The van der Waals surface area contributed by atoms with Crippen LogP contribution < -0.4 is 14.8 Å². The lowest BCUT2D eigenvalue weighted by atomic mass is 10.2. The van der Waals surface area contributed by atoms with Crippen LogP contribution in [0.3, 0.4) is 0 Å². The first kappa shape index (κ1) is 18.0. The van der Waals surface area contributed by atoms with Crippen molar-refractivity contribution >= 4 is 11.6 Å². The fourth-order valence-electron chi connectivity index (χ4n) is 1.81. The molecule has 0 aliphatic carbocycles. The highest BCUT2D eigenvalue weighted by molar-refractivity contribution is 6.32. The summed E-state index contributed by atoms with van der Waals surface area (Å²) in [6.07, 6.45) is 1.48. The maximum Gasteiger partial charge on any atom is 0.179 e. The Morgan fingerprint density at radius 3 is 2.67 bits per heavy atom. The van der Waals surface area contributed by atoms with Crippen molar-refractivity contribution in [2.75, 3.05) is 40.6 Å². The largest absolute Gasteiger partial charge is 0.493 e. The standard InChI is InChI=1S/C15H24ClNO4/c1-19-8-5-17-11-12-9-13(16)15(14(10-12)20-2)21-7-4-3-6-18/h9-10,17-18H,3-8,11H2,1-2H3. The van der Waals surface area contributed by atoms with Crippen molar-refractivity contribution in [3.8, 4) is 11.5 Å². The lowest BCUT2D eigenvalue weighted by Crippen LogP contribution is -2.18. The molecule has 0 saturated carbocycles. The zero-order chi connectivity index (χ0) is 15.5. The summed E-state index contributed by atoms with van der Waals surface area (Å²) in [5.74, 6) is 1.17. The maximum absolute atomic E-state index is 8.75. The number of rotatable bonds is 11. The number of nitrogens with one attached hydrogen (secondary N) is 1. The zero-order valence-electron chi connectivity index (χ0n) is 12.7. The Morgan fingerprint density at radius 1 is 1.19 bits per heavy atom. The van der Waals surface area contributed by atoms with E-state index in [9.17, 15) is 0 Å². The molecule has 2 N–H and O–H groups in total. The number of methoxy groups -OCH3 is 2. The van der Waals surface area contributed by atoms with Crippen molar-refractivity contribution in [1.29, 1.82) is 0 Å². The Labute approximate surface area is 131 Å². The molecule has 0 aromatic heterocycles. The van der Waals surface area contributed by atoms with Gasteiger partial charge in [0.15, 0.2) is 11.5 Å². The minimum Gasteiger partial charge on any atom is -0.493 e. The molecule has 0 saturated heterocycles. The number of hydrogen-bond donors (Lipinski definition) is 2. The van der Waals surface area contributed by atoms with Gasteiger partial charge in [-0.05, 0) is 30.5 Å². The highest BCUT2D eigenvalue weighted by Crippen LogP contribution is 2.36. The minimum absolute atomic E-state index is 0.167. The second kappa shape index (κ2) is 10.7. The summed E-state index contributed by atoms with van der Waals surface area (Å²) >= 11 is 6.26. The lowest BCUT2D eigenvalue weighted by Gasteiger charge is -2.14. The Balaban J connectivity index is 2.63. The normalized spacial score (nSPS) is 10.7. The maximum atomic E-state index is 8.75. The van der Waals surface area contributed by atoms with Crippen molar-refractivity contribution in [2.24, 2.45) is 0 Å². The van der Waals surface area contributed by atoms with E-state index in [1.807, 2.05) is 12.1 Å². The SMILES string of the molecule is COCCNCc1cc(Cl)c(OCCCCO)c(OC)c1. The van der Waals surface area contributed by atoms with Crippen LogP contribution >= 0.6 is 11.6 Å². The molecule has 0 aliphatic rings. The van der Waals surface area contributed by atoms with Crippen LogP contribution in [0.4, 0.5) is 0 Å². The predicted octanol–water partition coefficient (Wildman–Crippen LogP) is 2.24. The van der Waals surface area contributed by atoms with Gasteiger partial charge in [-0.2, -0.15) is 0 Å². The van der Waals surface area contributed by atoms with Gasteiger partial charge in [0.05, 0.1) is 25.3 Å². The quantitative estimate of drug-likeness (QED) is 0.613. The summed E-state index contributed by atoms with van der Waals surface area (Å²) in [5, 5.41) is 12.5. The van der Waals surface area contributed by atoms with Crippen LogP contribution in [0.1, 0.15) is 18.4 Å². The van der Waals surface area contributed by atoms with E-state index < -0.39 is 0 Å². The van der Waals surface area contributed by atoms with Gasteiger partial charge in [-0.15, -0.1) is 0 Å². The van der Waals surface area contributed by atoms with Crippen molar-refractivity contribution in [1.82, 2.24) is 5.32 Å². The molecule has 21 heavy (non-hydrogen) atoms. The van der Waals surface area contributed by atoms with Gasteiger partial charge in [0, 0.05) is 26.8 Å². The number of halogens is 1. The fraction of sp³-hybridized carbons (Fsp3) is 0.600. The van der Waals surface area contributed by atoms with E-state index in [4.69, 9.17) is 30.9 Å². The molecule has 0 fully saturated rings. The first-order valence-electron chi connectivity index (χ1n) is 7.02. The summed E-state index contributed by atoms with van der Waals surface area (Å²) in [4.78, 5) is 0. The molecule has 0 spiro atoms. The number of hydrogen-bond acceptors (Lipinski definition) is 5. The van der Waals surface area contributed by atoms with Crippen LogP contribution in [0.15, 0.2) is 12.1 Å². The Hall–Kier alpha value is -1.01. The van der Waals surface area contributed by atoms with E-state index in [2.05, 4.69) is 5.32 Å². The third-order valence-electron chi connectivity index (χ3n) is 2.90. The van der Waals surface area contributed by atoms with Crippen molar-refractivity contribution in [2.45, 2.75) is 19.4 Å². The van der Waals surface area contributed by atoms with Gasteiger partial charge in [-0.1, -0.05) is 11.6 Å². The summed E-state index contributed by atoms with van der Waals surface area (Å²) in [6, 6.07) is 3.78. The van der Waals surface area contributed by atoms with Gasteiger partial charge in [0.25, 0.3) is 0 Å². The molecule has 0 atom stereocenters. The van der Waals surface area contributed by atoms with E-state index in [1.165, 1.54) is 0 Å². The van der Waals surface area contributed by atoms with Crippen LogP contribution in [0, 0.1) is 0 Å². The highest BCUT2D eigenvalue weighted by atomic mass is 35.5. The van der Waals surface area contributed by atoms with E-state index in [-0.39, 0.29) is 6.61 Å². The third-order valence-corrected chi connectivity index (χ3v) is 3.18. The van der Waals surface area contributed by atoms with E-state index in [0.29, 0.717) is 42.7 Å². The molecule has 0 radical (unpaired) electrons. The van der Waals surface area contributed by atoms with Crippen molar-refractivity contribution < 1.29 is 19.3 Å². The smallest absolute Gasteiger partial charge is 0.179 e. The Morgan fingerprint density at radius 2 is 2.00 bits per heavy atom. The van der Waals surface area contributed by atoms with Crippen LogP contribution in [0.25, 0.3) is 0 Å². The van der Waals surface area contributed by atoms with Crippen LogP contribution in [0.2, 0.25) is 5.02 Å². The monoisotopic (exact) mass is 317 g/mol. The summed E-state index contributed by atoms with van der Waals surface area (Å²) < 4.78 is 16.0. The van der Waals surface area contributed by atoms with Crippen molar-refractivity contribution in [3.63, 3.8) is 0 Å². The minimum atomic E-state index is 0.167. The Bertz CT molecular complexity index is 415. The average Bonchev–Trinajstić information content (AvgIpc) is 2.49. The molecule has 1 aromatic carbocycles. The first-order valence-corrected chi connectivity index (χ1v) is 7.40. The van der Waals surface area contributed by atoms with Gasteiger partial charge in [-0.25, -0.2) is 0 Å². The molecule has 1 rings (SSSR count). The molecule has 120 valence electrons. The molecule has 6 heteroatoms. The van der Waals surface area contributed by atoms with Crippen LogP contribution in [-0.4, -0.2) is 45.7 Å². The molecule has 0 unspecified atom stereocenters. The van der Waals surface area contributed by atoms with E-state index in [1.54, 1.807) is 14.2 Å². The van der Waals surface area contributed by atoms with Gasteiger partial charge in [-0.3, -0.25) is 0 Å². The molecular weight excluding hydrogens is 294 g/mol. The topological polar surface area (TPSA) is 60.0 Å².